The van der Waals surface area contributed by atoms with Crippen LogP contribution in [0.25, 0.3) is 0 Å². The molecule has 3 aliphatic rings. The van der Waals surface area contributed by atoms with Crippen molar-refractivity contribution in [3.63, 3.8) is 0 Å². The molecule has 140 valence electrons. The van der Waals surface area contributed by atoms with Gasteiger partial charge in [0.1, 0.15) is 11.5 Å². The molecular formula is C23H30O3. The molecule has 1 aromatic carbocycles. The summed E-state index contributed by atoms with van der Waals surface area (Å²) in [5.41, 5.74) is 4.59. The van der Waals surface area contributed by atoms with Gasteiger partial charge in [0.15, 0.2) is 0 Å². The predicted molar refractivity (Wildman–Crippen MR) is 104 cm³/mol. The van der Waals surface area contributed by atoms with Gasteiger partial charge in [-0.3, -0.25) is 0 Å². The van der Waals surface area contributed by atoms with Crippen LogP contribution in [0.4, 0.5) is 0 Å². The molecule has 3 heteroatoms. The van der Waals surface area contributed by atoms with E-state index in [1.165, 1.54) is 30.4 Å². The van der Waals surface area contributed by atoms with Crippen molar-refractivity contribution in [1.82, 2.24) is 0 Å². The molecule has 2 N–H and O–H groups in total. The van der Waals surface area contributed by atoms with Gasteiger partial charge in [0.05, 0.1) is 0 Å². The molecular weight excluding hydrogens is 324 g/mol. The molecule has 1 aliphatic heterocycles. The van der Waals surface area contributed by atoms with E-state index < -0.39 is 5.79 Å². The van der Waals surface area contributed by atoms with E-state index in [2.05, 4.69) is 32.1 Å². The molecule has 1 aromatic rings. The first-order valence-corrected chi connectivity index (χ1v) is 10.1. The average Bonchev–Trinajstić information content (AvgIpc) is 2.52. The van der Waals surface area contributed by atoms with Gasteiger partial charge in [0.25, 0.3) is 0 Å². The molecule has 3 unspecified atom stereocenters. The van der Waals surface area contributed by atoms with Crippen LogP contribution in [-0.4, -0.2) is 16.0 Å². The van der Waals surface area contributed by atoms with Gasteiger partial charge in [0.2, 0.25) is 5.79 Å². The molecule has 2 bridgehead atoms. The molecule has 3 nitrogen and oxygen atoms in total. The third kappa shape index (κ3) is 3.18. The Morgan fingerprint density at radius 2 is 2.04 bits per heavy atom. The summed E-state index contributed by atoms with van der Waals surface area (Å²) in [4.78, 5) is 0. The molecule has 3 atom stereocenters. The Morgan fingerprint density at radius 3 is 2.85 bits per heavy atom. The average molecular weight is 354 g/mol. The fraction of sp³-hybridized carbons (Fsp3) is 0.565. The van der Waals surface area contributed by atoms with E-state index in [4.69, 9.17) is 4.74 Å². The van der Waals surface area contributed by atoms with E-state index in [0.717, 1.165) is 30.4 Å². The second-order valence-corrected chi connectivity index (χ2v) is 8.45. The standard InChI is InChI=1S/C23H30O3/c1-15(2)18-10-11-23(25)14-19(18)22-20(24)12-17(13-21(22)26-23)16-8-6-4-3-5-7-9-16/h6,8,12-13,16,19,24-25H,3-5,7,9-11,14H2,1-2H3/b8-6-. The fourth-order valence-corrected chi connectivity index (χ4v) is 4.94. The normalized spacial score (nSPS) is 32.0. The first-order chi connectivity index (χ1) is 12.5. The topological polar surface area (TPSA) is 49.7 Å². The van der Waals surface area contributed by atoms with Gasteiger partial charge in [-0.25, -0.2) is 0 Å². The van der Waals surface area contributed by atoms with E-state index >= 15 is 0 Å². The van der Waals surface area contributed by atoms with Crippen molar-refractivity contribution < 1.29 is 14.9 Å². The summed E-state index contributed by atoms with van der Waals surface area (Å²) in [6.07, 6.45) is 12.5. The number of rotatable bonds is 1. The van der Waals surface area contributed by atoms with Crippen LogP contribution in [0.5, 0.6) is 11.5 Å². The number of hydrogen-bond donors (Lipinski definition) is 2. The van der Waals surface area contributed by atoms with E-state index in [1.807, 2.05) is 6.07 Å². The van der Waals surface area contributed by atoms with Gasteiger partial charge in [-0.15, -0.1) is 0 Å². The van der Waals surface area contributed by atoms with E-state index in [9.17, 15) is 10.2 Å². The second kappa shape index (κ2) is 6.77. The van der Waals surface area contributed by atoms with Crippen LogP contribution >= 0.6 is 0 Å². The van der Waals surface area contributed by atoms with Crippen molar-refractivity contribution in [3.05, 3.63) is 46.6 Å². The summed E-state index contributed by atoms with van der Waals surface area (Å²) in [6, 6.07) is 4.00. The number of allylic oxidation sites excluding steroid dienone is 4. The monoisotopic (exact) mass is 354 g/mol. The second-order valence-electron chi connectivity index (χ2n) is 8.45. The number of fused-ring (bicyclic) bond motifs is 4. The zero-order chi connectivity index (χ0) is 18.3. The number of ether oxygens (including phenoxy) is 1. The third-order valence-electron chi connectivity index (χ3n) is 6.34. The Morgan fingerprint density at radius 1 is 1.19 bits per heavy atom. The third-order valence-corrected chi connectivity index (χ3v) is 6.34. The maximum absolute atomic E-state index is 10.9. The highest BCUT2D eigenvalue weighted by Gasteiger charge is 2.46. The summed E-state index contributed by atoms with van der Waals surface area (Å²) in [6.45, 7) is 4.25. The highest BCUT2D eigenvalue weighted by atomic mass is 16.6. The molecule has 1 fully saturated rings. The van der Waals surface area contributed by atoms with E-state index in [-0.39, 0.29) is 5.92 Å². The number of aromatic hydroxyl groups is 1. The fourth-order valence-electron chi connectivity index (χ4n) is 4.94. The van der Waals surface area contributed by atoms with Gasteiger partial charge in [-0.1, -0.05) is 36.1 Å². The minimum absolute atomic E-state index is 0.0597. The van der Waals surface area contributed by atoms with Crippen molar-refractivity contribution in [3.8, 4) is 11.5 Å². The van der Waals surface area contributed by atoms with Crippen LogP contribution in [0.15, 0.2) is 35.4 Å². The minimum atomic E-state index is -1.10. The summed E-state index contributed by atoms with van der Waals surface area (Å²) in [5, 5.41) is 21.8. The maximum Gasteiger partial charge on any atom is 0.209 e. The zero-order valence-electron chi connectivity index (χ0n) is 15.9. The van der Waals surface area contributed by atoms with E-state index in [0.29, 0.717) is 30.3 Å². The van der Waals surface area contributed by atoms with Gasteiger partial charge < -0.3 is 14.9 Å². The van der Waals surface area contributed by atoms with Crippen LogP contribution in [0.3, 0.4) is 0 Å². The van der Waals surface area contributed by atoms with Gasteiger partial charge in [-0.05, 0) is 57.2 Å². The summed E-state index contributed by atoms with van der Waals surface area (Å²) < 4.78 is 6.04. The Bertz CT molecular complexity index is 757. The van der Waals surface area contributed by atoms with Gasteiger partial charge in [-0.2, -0.15) is 0 Å². The predicted octanol–water partition coefficient (Wildman–Crippen LogP) is 5.68. The van der Waals surface area contributed by atoms with Crippen molar-refractivity contribution >= 4 is 0 Å². The Hall–Kier alpha value is -1.74. The molecule has 0 amide bonds. The van der Waals surface area contributed by atoms with Crippen LogP contribution in [-0.2, 0) is 0 Å². The van der Waals surface area contributed by atoms with Crippen LogP contribution < -0.4 is 4.74 Å². The Labute approximate surface area is 156 Å². The molecule has 0 aromatic heterocycles. The first kappa shape index (κ1) is 17.7. The SMILES string of the molecule is CC(C)=C1CCC2(O)CC1c1c(O)cc(C3/C=C\CCCCC3)cc1O2. The highest BCUT2D eigenvalue weighted by molar-refractivity contribution is 5.55. The van der Waals surface area contributed by atoms with Crippen LogP contribution in [0.2, 0.25) is 0 Å². The number of aliphatic hydroxyl groups is 1. The van der Waals surface area contributed by atoms with E-state index in [1.54, 1.807) is 0 Å². The molecule has 1 heterocycles. The number of hydrogen-bond acceptors (Lipinski definition) is 3. The zero-order valence-corrected chi connectivity index (χ0v) is 15.9. The highest BCUT2D eigenvalue weighted by Crippen LogP contribution is 2.54. The molecule has 1 saturated carbocycles. The van der Waals surface area contributed by atoms with Crippen LogP contribution in [0, 0.1) is 0 Å². The van der Waals surface area contributed by atoms with Crippen molar-refractivity contribution in [2.24, 2.45) is 0 Å². The maximum atomic E-state index is 10.9. The lowest BCUT2D eigenvalue weighted by Crippen LogP contribution is -2.44. The molecule has 0 radical (unpaired) electrons. The number of phenolic OH excluding ortho intramolecular Hbond substituents is 1. The largest absolute Gasteiger partial charge is 0.507 e. The molecule has 0 spiro atoms. The van der Waals surface area contributed by atoms with Crippen molar-refractivity contribution in [2.45, 2.75) is 82.8 Å². The smallest absolute Gasteiger partial charge is 0.209 e. The molecule has 4 rings (SSSR count). The quantitative estimate of drug-likeness (QED) is 0.638. The number of benzene rings is 1. The Kier molecular flexibility index (Phi) is 4.60. The Balaban J connectivity index is 1.77. The minimum Gasteiger partial charge on any atom is -0.507 e. The summed E-state index contributed by atoms with van der Waals surface area (Å²) in [7, 11) is 0. The molecule has 26 heavy (non-hydrogen) atoms. The summed E-state index contributed by atoms with van der Waals surface area (Å²) >= 11 is 0. The number of phenols is 1. The first-order valence-electron chi connectivity index (χ1n) is 10.1. The lowest BCUT2D eigenvalue weighted by atomic mass is 9.72. The summed E-state index contributed by atoms with van der Waals surface area (Å²) in [5.74, 6) is 0.269. The molecule has 0 saturated heterocycles. The van der Waals surface area contributed by atoms with Gasteiger partial charge >= 0.3 is 0 Å². The molecule has 2 aliphatic carbocycles. The van der Waals surface area contributed by atoms with Gasteiger partial charge in [0, 0.05) is 30.2 Å². The van der Waals surface area contributed by atoms with Crippen LogP contribution in [0.1, 0.15) is 88.2 Å². The lowest BCUT2D eigenvalue weighted by molar-refractivity contribution is -0.165. The van der Waals surface area contributed by atoms with Crippen molar-refractivity contribution in [2.75, 3.05) is 0 Å². The van der Waals surface area contributed by atoms with Crippen molar-refractivity contribution in [1.29, 1.82) is 0 Å². The lowest BCUT2D eigenvalue weighted by Gasteiger charge is -2.44.